The topological polar surface area (TPSA) is 58.6 Å². The first-order chi connectivity index (χ1) is 12.9. The number of nitrogens with zero attached hydrogens (tertiary/aromatic N) is 1. The van der Waals surface area contributed by atoms with Gasteiger partial charge in [-0.25, -0.2) is 0 Å². The predicted octanol–water partition coefficient (Wildman–Crippen LogP) is 3.24. The Hall–Kier alpha value is -2.82. The van der Waals surface area contributed by atoms with Crippen LogP contribution in [0.5, 0.6) is 5.75 Å². The Bertz CT molecular complexity index is 774. The number of benzene rings is 2. The molecule has 0 aliphatic rings. The van der Waals surface area contributed by atoms with Crippen LogP contribution < -0.4 is 10.1 Å². The van der Waals surface area contributed by atoms with Crippen molar-refractivity contribution in [3.63, 3.8) is 0 Å². The largest absolute Gasteiger partial charge is 0.483 e. The van der Waals surface area contributed by atoms with Crippen LogP contribution in [0.2, 0.25) is 0 Å². The fourth-order valence-electron chi connectivity index (χ4n) is 2.77. The summed E-state index contributed by atoms with van der Waals surface area (Å²) in [5.41, 5.74) is 3.01. The highest BCUT2D eigenvalue weighted by atomic mass is 16.5. The summed E-state index contributed by atoms with van der Waals surface area (Å²) in [5, 5.41) is 2.78. The predicted molar refractivity (Wildman–Crippen MR) is 107 cm³/mol. The second-order valence-electron chi connectivity index (χ2n) is 6.64. The van der Waals surface area contributed by atoms with Crippen molar-refractivity contribution in [3.05, 3.63) is 65.2 Å². The summed E-state index contributed by atoms with van der Waals surface area (Å²) >= 11 is 0. The van der Waals surface area contributed by atoms with Crippen LogP contribution in [-0.4, -0.2) is 35.9 Å². The molecule has 1 atom stereocenters. The van der Waals surface area contributed by atoms with Gasteiger partial charge in [0.1, 0.15) is 11.8 Å². The van der Waals surface area contributed by atoms with Crippen molar-refractivity contribution in [1.82, 2.24) is 10.2 Å². The van der Waals surface area contributed by atoms with Crippen LogP contribution >= 0.6 is 0 Å². The summed E-state index contributed by atoms with van der Waals surface area (Å²) in [6.45, 7) is 8.29. The standard InChI is InChI=1S/C22H28N2O3/c1-5-23-22(26)18(4)24(14-19-9-7-6-8-10-19)21(25)15-27-20-13-16(2)11-12-17(20)3/h6-13,18H,5,14-15H2,1-4H3,(H,23,26)/t18-/m1/s1. The lowest BCUT2D eigenvalue weighted by Gasteiger charge is -2.28. The van der Waals surface area contributed by atoms with Crippen molar-refractivity contribution in [2.24, 2.45) is 0 Å². The number of rotatable bonds is 8. The minimum Gasteiger partial charge on any atom is -0.483 e. The van der Waals surface area contributed by atoms with Gasteiger partial charge >= 0.3 is 0 Å². The molecule has 2 rings (SSSR count). The summed E-state index contributed by atoms with van der Waals surface area (Å²) in [7, 11) is 0. The summed E-state index contributed by atoms with van der Waals surface area (Å²) in [6, 6.07) is 14.9. The molecule has 0 aromatic heterocycles. The molecule has 0 bridgehead atoms. The lowest BCUT2D eigenvalue weighted by molar-refractivity contribution is -0.142. The number of aryl methyl sites for hydroxylation is 2. The maximum Gasteiger partial charge on any atom is 0.261 e. The van der Waals surface area contributed by atoms with Gasteiger partial charge in [0.15, 0.2) is 6.61 Å². The number of hydrogen-bond acceptors (Lipinski definition) is 3. The Balaban J connectivity index is 2.14. The third kappa shape index (κ3) is 5.84. The average molecular weight is 368 g/mol. The first-order valence-corrected chi connectivity index (χ1v) is 9.23. The van der Waals surface area contributed by atoms with E-state index in [1.54, 1.807) is 11.8 Å². The zero-order valence-corrected chi connectivity index (χ0v) is 16.5. The monoisotopic (exact) mass is 368 g/mol. The van der Waals surface area contributed by atoms with Gasteiger partial charge in [-0.3, -0.25) is 9.59 Å². The van der Waals surface area contributed by atoms with E-state index in [9.17, 15) is 9.59 Å². The van der Waals surface area contributed by atoms with Gasteiger partial charge in [-0.2, -0.15) is 0 Å². The van der Waals surface area contributed by atoms with E-state index in [0.29, 0.717) is 18.8 Å². The summed E-state index contributed by atoms with van der Waals surface area (Å²) < 4.78 is 5.77. The first-order valence-electron chi connectivity index (χ1n) is 9.23. The average Bonchev–Trinajstić information content (AvgIpc) is 2.67. The molecule has 0 unspecified atom stereocenters. The van der Waals surface area contributed by atoms with Gasteiger partial charge < -0.3 is 15.0 Å². The van der Waals surface area contributed by atoms with E-state index in [0.717, 1.165) is 16.7 Å². The lowest BCUT2D eigenvalue weighted by atomic mass is 10.1. The number of ether oxygens (including phenoxy) is 1. The van der Waals surface area contributed by atoms with Gasteiger partial charge in [0, 0.05) is 13.1 Å². The van der Waals surface area contributed by atoms with Crippen molar-refractivity contribution in [1.29, 1.82) is 0 Å². The third-order valence-corrected chi connectivity index (χ3v) is 4.41. The maximum absolute atomic E-state index is 12.9. The van der Waals surface area contributed by atoms with Crippen molar-refractivity contribution >= 4 is 11.8 Å². The molecule has 0 aliphatic heterocycles. The summed E-state index contributed by atoms with van der Waals surface area (Å²) in [4.78, 5) is 26.8. The molecule has 5 heteroatoms. The van der Waals surface area contributed by atoms with Gasteiger partial charge in [-0.05, 0) is 50.5 Å². The van der Waals surface area contributed by atoms with E-state index in [-0.39, 0.29) is 18.4 Å². The quantitative estimate of drug-likeness (QED) is 0.778. The van der Waals surface area contributed by atoms with Crippen LogP contribution in [0.25, 0.3) is 0 Å². The summed E-state index contributed by atoms with van der Waals surface area (Å²) in [6.07, 6.45) is 0. The van der Waals surface area contributed by atoms with Crippen LogP contribution in [0.3, 0.4) is 0 Å². The van der Waals surface area contributed by atoms with Crippen molar-refractivity contribution < 1.29 is 14.3 Å². The van der Waals surface area contributed by atoms with Crippen LogP contribution in [-0.2, 0) is 16.1 Å². The van der Waals surface area contributed by atoms with E-state index in [1.807, 2.05) is 69.3 Å². The zero-order valence-electron chi connectivity index (χ0n) is 16.5. The Morgan fingerprint density at radius 2 is 1.81 bits per heavy atom. The molecule has 0 aliphatic carbocycles. The van der Waals surface area contributed by atoms with E-state index in [4.69, 9.17) is 4.74 Å². The molecule has 27 heavy (non-hydrogen) atoms. The van der Waals surface area contributed by atoms with Gasteiger partial charge in [0.05, 0.1) is 0 Å². The molecule has 5 nitrogen and oxygen atoms in total. The molecule has 2 aromatic carbocycles. The van der Waals surface area contributed by atoms with Gasteiger partial charge in [-0.1, -0.05) is 42.5 Å². The van der Waals surface area contributed by atoms with Crippen molar-refractivity contribution in [3.8, 4) is 5.75 Å². The SMILES string of the molecule is CCNC(=O)[C@@H](C)N(Cc1ccccc1)C(=O)COc1cc(C)ccc1C. The van der Waals surface area contributed by atoms with Gasteiger partial charge in [-0.15, -0.1) is 0 Å². The van der Waals surface area contributed by atoms with E-state index >= 15 is 0 Å². The second kappa shape index (κ2) is 9.76. The molecule has 144 valence electrons. The number of amides is 2. The fourth-order valence-corrected chi connectivity index (χ4v) is 2.77. The number of hydrogen-bond donors (Lipinski definition) is 1. The third-order valence-electron chi connectivity index (χ3n) is 4.41. The lowest BCUT2D eigenvalue weighted by Crippen LogP contribution is -2.49. The zero-order chi connectivity index (χ0) is 19.8. The van der Waals surface area contributed by atoms with Crippen LogP contribution in [0.4, 0.5) is 0 Å². The molecule has 0 saturated carbocycles. The molecular formula is C22H28N2O3. The van der Waals surface area contributed by atoms with Gasteiger partial charge in [0.2, 0.25) is 5.91 Å². The highest BCUT2D eigenvalue weighted by Gasteiger charge is 2.26. The molecule has 0 saturated heterocycles. The second-order valence-corrected chi connectivity index (χ2v) is 6.64. The number of carbonyl (C=O) groups excluding carboxylic acids is 2. The first kappa shape index (κ1) is 20.5. The number of likely N-dealkylation sites (N-methyl/N-ethyl adjacent to an activating group) is 1. The van der Waals surface area contributed by atoms with Crippen molar-refractivity contribution in [2.75, 3.05) is 13.2 Å². The smallest absolute Gasteiger partial charge is 0.261 e. The van der Waals surface area contributed by atoms with Crippen LogP contribution in [0.1, 0.15) is 30.5 Å². The van der Waals surface area contributed by atoms with Crippen molar-refractivity contribution in [2.45, 2.75) is 40.3 Å². The fraction of sp³-hybridized carbons (Fsp3) is 0.364. The molecule has 1 N–H and O–H groups in total. The molecule has 2 amide bonds. The minimum absolute atomic E-state index is 0.110. The van der Waals surface area contributed by atoms with E-state index < -0.39 is 6.04 Å². The highest BCUT2D eigenvalue weighted by Crippen LogP contribution is 2.19. The van der Waals surface area contributed by atoms with Gasteiger partial charge in [0.25, 0.3) is 5.91 Å². The highest BCUT2D eigenvalue weighted by molar-refractivity contribution is 5.87. The maximum atomic E-state index is 12.9. The molecule has 0 spiro atoms. The van der Waals surface area contributed by atoms with Crippen LogP contribution in [0, 0.1) is 13.8 Å². The van der Waals surface area contributed by atoms with E-state index in [2.05, 4.69) is 5.32 Å². The molecule has 2 aromatic rings. The number of carbonyl (C=O) groups is 2. The Labute approximate surface area is 161 Å². The molecule has 0 radical (unpaired) electrons. The molecule has 0 heterocycles. The normalized spacial score (nSPS) is 11.6. The molecular weight excluding hydrogens is 340 g/mol. The Kier molecular flexibility index (Phi) is 7.41. The minimum atomic E-state index is -0.583. The van der Waals surface area contributed by atoms with Crippen LogP contribution in [0.15, 0.2) is 48.5 Å². The number of nitrogens with one attached hydrogen (secondary N) is 1. The molecule has 0 fully saturated rings. The Morgan fingerprint density at radius 1 is 1.11 bits per heavy atom. The Morgan fingerprint density at radius 3 is 2.48 bits per heavy atom. The summed E-state index contributed by atoms with van der Waals surface area (Å²) in [5.74, 6) is 0.292. The van der Waals surface area contributed by atoms with E-state index in [1.165, 1.54) is 0 Å².